The van der Waals surface area contributed by atoms with Crippen molar-refractivity contribution in [1.82, 2.24) is 4.90 Å². The molecule has 2 atom stereocenters. The first-order chi connectivity index (χ1) is 20.0. The van der Waals surface area contributed by atoms with Crippen LogP contribution in [0.1, 0.15) is 71.8 Å². The monoisotopic (exact) mass is 555 g/mol. The number of nitrogens with zero attached hydrogens (tertiary/aromatic N) is 1. The van der Waals surface area contributed by atoms with Crippen LogP contribution in [-0.4, -0.2) is 55.4 Å². The van der Waals surface area contributed by atoms with Crippen LogP contribution in [0.15, 0.2) is 48.5 Å². The maximum atomic E-state index is 11.2. The predicted molar refractivity (Wildman–Crippen MR) is 161 cm³/mol. The third kappa shape index (κ3) is 6.08. The largest absolute Gasteiger partial charge is 0.493 e. The Labute approximate surface area is 243 Å². The molecular weight excluding hydrogens is 514 g/mol. The third-order valence-electron chi connectivity index (χ3n) is 8.93. The van der Waals surface area contributed by atoms with Gasteiger partial charge in [-0.25, -0.2) is 0 Å². The topological polar surface area (TPSA) is 68.2 Å². The fourth-order valence-electron chi connectivity index (χ4n) is 6.87. The molecule has 216 valence electrons. The zero-order valence-electron chi connectivity index (χ0n) is 24.3. The average Bonchev–Trinajstić information content (AvgIpc) is 3.43. The van der Waals surface area contributed by atoms with E-state index in [4.69, 9.17) is 14.2 Å². The van der Waals surface area contributed by atoms with Gasteiger partial charge >= 0.3 is 5.97 Å². The minimum absolute atomic E-state index is 0.0721. The second kappa shape index (κ2) is 12.2. The third-order valence-corrected chi connectivity index (χ3v) is 8.93. The lowest BCUT2D eigenvalue weighted by molar-refractivity contribution is -0.137. The van der Waals surface area contributed by atoms with Crippen LogP contribution in [0, 0.1) is 13.8 Å². The van der Waals surface area contributed by atoms with Gasteiger partial charge in [0.1, 0.15) is 23.9 Å². The molecule has 0 unspecified atom stereocenters. The van der Waals surface area contributed by atoms with E-state index in [0.29, 0.717) is 13.2 Å². The molecule has 3 aromatic rings. The summed E-state index contributed by atoms with van der Waals surface area (Å²) in [4.78, 5) is 13.7. The highest BCUT2D eigenvalue weighted by Crippen LogP contribution is 2.46. The van der Waals surface area contributed by atoms with Crippen molar-refractivity contribution in [2.75, 3.05) is 39.5 Å². The minimum atomic E-state index is -0.790. The van der Waals surface area contributed by atoms with Crippen LogP contribution >= 0.6 is 0 Å². The van der Waals surface area contributed by atoms with Crippen molar-refractivity contribution in [2.45, 2.75) is 64.2 Å². The Morgan fingerprint density at radius 1 is 0.927 bits per heavy atom. The van der Waals surface area contributed by atoms with Crippen LogP contribution in [0.3, 0.4) is 0 Å². The Balaban J connectivity index is 1.15. The lowest BCUT2D eigenvalue weighted by atomic mass is 9.88. The first-order valence-corrected chi connectivity index (χ1v) is 15.2. The molecular formula is C35H41NO5. The maximum Gasteiger partial charge on any atom is 0.304 e. The molecule has 1 saturated heterocycles. The van der Waals surface area contributed by atoms with Gasteiger partial charge in [-0.2, -0.15) is 0 Å². The number of carbonyl (C=O) groups is 1. The highest BCUT2D eigenvalue weighted by Gasteiger charge is 2.30. The predicted octanol–water partition coefficient (Wildman–Crippen LogP) is 6.89. The van der Waals surface area contributed by atoms with Gasteiger partial charge in [0.2, 0.25) is 0 Å². The van der Waals surface area contributed by atoms with Crippen molar-refractivity contribution < 1.29 is 24.1 Å². The molecule has 0 saturated carbocycles. The summed E-state index contributed by atoms with van der Waals surface area (Å²) in [5.74, 6) is 2.13. The number of fused-ring (bicyclic) bond motifs is 2. The molecule has 0 bridgehead atoms. The molecule has 3 heterocycles. The van der Waals surface area contributed by atoms with Gasteiger partial charge in [0.15, 0.2) is 0 Å². The SMILES string of the molecule is Cc1cc(OCCN2CCCCCC2)cc(C)c1-c1cccc2c1OC[C@H]2Cc1ccc2c(c1)OC[C@H]2CC(=O)O. The fourth-order valence-corrected chi connectivity index (χ4v) is 6.87. The summed E-state index contributed by atoms with van der Waals surface area (Å²) in [6, 6.07) is 17.1. The first-order valence-electron chi connectivity index (χ1n) is 15.2. The van der Waals surface area contributed by atoms with Gasteiger partial charge in [0.25, 0.3) is 0 Å². The number of hydrogen-bond acceptors (Lipinski definition) is 5. The average molecular weight is 556 g/mol. The molecule has 1 fully saturated rings. The van der Waals surface area contributed by atoms with Crippen molar-refractivity contribution in [3.05, 3.63) is 76.3 Å². The Hall–Kier alpha value is -3.51. The number of rotatable bonds is 9. The molecule has 1 N–H and O–H groups in total. The summed E-state index contributed by atoms with van der Waals surface area (Å²) in [5, 5.41) is 9.20. The Kier molecular flexibility index (Phi) is 8.20. The van der Waals surface area contributed by atoms with Crippen LogP contribution in [0.2, 0.25) is 0 Å². The Morgan fingerprint density at radius 2 is 1.68 bits per heavy atom. The highest BCUT2D eigenvalue weighted by molar-refractivity contribution is 5.79. The van der Waals surface area contributed by atoms with Crippen molar-refractivity contribution in [1.29, 1.82) is 0 Å². The Bertz CT molecular complexity index is 1380. The quantitative estimate of drug-likeness (QED) is 0.310. The van der Waals surface area contributed by atoms with Crippen molar-refractivity contribution in [3.8, 4) is 28.4 Å². The number of para-hydroxylation sites is 1. The van der Waals surface area contributed by atoms with Gasteiger partial charge in [-0.15, -0.1) is 0 Å². The minimum Gasteiger partial charge on any atom is -0.493 e. The summed E-state index contributed by atoms with van der Waals surface area (Å²) in [6.07, 6.45) is 6.25. The van der Waals surface area contributed by atoms with E-state index in [9.17, 15) is 9.90 Å². The van der Waals surface area contributed by atoms with E-state index in [-0.39, 0.29) is 18.3 Å². The Morgan fingerprint density at radius 3 is 2.44 bits per heavy atom. The van der Waals surface area contributed by atoms with E-state index in [2.05, 4.69) is 61.2 Å². The standard InChI is InChI=1S/C35H41NO5/c1-23-16-28(39-15-14-36-12-5-3-4-6-13-36)17-24(2)34(23)31-9-7-8-30-26(22-41-35(30)31)18-25-10-11-29-27(20-33(37)38)21-40-32(29)19-25/h7-11,16-17,19,26-27H,3-6,12-15,18,20-22H2,1-2H3,(H,37,38)/t26-,27-/m1/s1. The van der Waals surface area contributed by atoms with Gasteiger partial charge in [0, 0.05) is 35.1 Å². The molecule has 0 aliphatic carbocycles. The molecule has 0 radical (unpaired) electrons. The summed E-state index contributed by atoms with van der Waals surface area (Å²) < 4.78 is 18.4. The van der Waals surface area contributed by atoms with Gasteiger partial charge in [-0.05, 0) is 86.7 Å². The lowest BCUT2D eigenvalue weighted by Crippen LogP contribution is -2.29. The van der Waals surface area contributed by atoms with E-state index >= 15 is 0 Å². The van der Waals surface area contributed by atoms with Gasteiger partial charge in [0.05, 0.1) is 19.6 Å². The van der Waals surface area contributed by atoms with E-state index in [1.165, 1.54) is 66.6 Å². The summed E-state index contributed by atoms with van der Waals surface area (Å²) in [6.45, 7) is 9.49. The number of hydrogen-bond donors (Lipinski definition) is 1. The van der Waals surface area contributed by atoms with E-state index in [1.807, 2.05) is 6.07 Å². The highest BCUT2D eigenvalue weighted by atomic mass is 16.5. The van der Waals surface area contributed by atoms with E-state index in [0.717, 1.165) is 47.9 Å². The number of likely N-dealkylation sites (tertiary alicyclic amines) is 1. The number of ether oxygens (including phenoxy) is 3. The van der Waals surface area contributed by atoms with E-state index in [1.54, 1.807) is 0 Å². The molecule has 6 nitrogen and oxygen atoms in total. The summed E-state index contributed by atoms with van der Waals surface area (Å²) in [5.41, 5.74) is 8.18. The van der Waals surface area contributed by atoms with Crippen LogP contribution in [-0.2, 0) is 11.2 Å². The molecule has 6 heteroatoms. The van der Waals surface area contributed by atoms with Gasteiger partial charge in [-0.1, -0.05) is 43.2 Å². The number of aliphatic carboxylic acids is 1. The van der Waals surface area contributed by atoms with Crippen LogP contribution in [0.5, 0.6) is 17.2 Å². The lowest BCUT2D eigenvalue weighted by Gasteiger charge is -2.20. The van der Waals surface area contributed by atoms with Crippen LogP contribution in [0.25, 0.3) is 11.1 Å². The zero-order chi connectivity index (χ0) is 28.3. The van der Waals surface area contributed by atoms with Crippen molar-refractivity contribution >= 4 is 5.97 Å². The number of carboxylic acids is 1. The van der Waals surface area contributed by atoms with E-state index < -0.39 is 5.97 Å². The molecule has 3 aromatic carbocycles. The molecule has 0 spiro atoms. The maximum absolute atomic E-state index is 11.2. The second-order valence-corrected chi connectivity index (χ2v) is 12.0. The molecule has 3 aliphatic rings. The van der Waals surface area contributed by atoms with Crippen molar-refractivity contribution in [3.63, 3.8) is 0 Å². The van der Waals surface area contributed by atoms with Crippen molar-refractivity contribution in [2.24, 2.45) is 0 Å². The molecule has 41 heavy (non-hydrogen) atoms. The van der Waals surface area contributed by atoms with Crippen LogP contribution in [0.4, 0.5) is 0 Å². The van der Waals surface area contributed by atoms with Gasteiger partial charge < -0.3 is 19.3 Å². The van der Waals surface area contributed by atoms with Gasteiger partial charge in [-0.3, -0.25) is 9.69 Å². The zero-order valence-corrected chi connectivity index (χ0v) is 24.3. The van der Waals surface area contributed by atoms with Crippen LogP contribution < -0.4 is 14.2 Å². The molecule has 0 amide bonds. The normalized spacial score (nSPS) is 20.0. The number of carboxylic acid groups (broad SMARTS) is 1. The first kappa shape index (κ1) is 27.6. The summed E-state index contributed by atoms with van der Waals surface area (Å²) >= 11 is 0. The fraction of sp³-hybridized carbons (Fsp3) is 0.457. The molecule has 6 rings (SSSR count). The summed E-state index contributed by atoms with van der Waals surface area (Å²) in [7, 11) is 0. The molecule has 0 aromatic heterocycles. The smallest absolute Gasteiger partial charge is 0.304 e. The molecule has 3 aliphatic heterocycles. The number of benzene rings is 3. The number of aryl methyl sites for hydroxylation is 2. The second-order valence-electron chi connectivity index (χ2n) is 12.0.